The first-order valence-corrected chi connectivity index (χ1v) is 8.52. The van der Waals surface area contributed by atoms with Gasteiger partial charge in [0.25, 0.3) is 0 Å². The van der Waals surface area contributed by atoms with E-state index in [1.54, 1.807) is 13.2 Å². The van der Waals surface area contributed by atoms with Crippen molar-refractivity contribution in [3.63, 3.8) is 0 Å². The van der Waals surface area contributed by atoms with Crippen LogP contribution in [0.1, 0.15) is 17.5 Å². The smallest absolute Gasteiger partial charge is 0.224 e. The van der Waals surface area contributed by atoms with Crippen molar-refractivity contribution >= 4 is 5.91 Å². The second kappa shape index (κ2) is 8.12. The highest BCUT2D eigenvalue weighted by molar-refractivity contribution is 5.79. The van der Waals surface area contributed by atoms with Crippen molar-refractivity contribution in [2.24, 2.45) is 0 Å². The van der Waals surface area contributed by atoms with Crippen LogP contribution in [0.3, 0.4) is 0 Å². The highest BCUT2D eigenvalue weighted by Crippen LogP contribution is 2.15. The number of carbonyl (C=O) groups is 1. The van der Waals surface area contributed by atoms with Gasteiger partial charge in [0, 0.05) is 32.1 Å². The van der Waals surface area contributed by atoms with E-state index in [9.17, 15) is 9.18 Å². The number of methoxy groups -OCH3 is 1. The second-order valence-corrected chi connectivity index (χ2v) is 6.35. The van der Waals surface area contributed by atoms with Crippen molar-refractivity contribution in [2.75, 3.05) is 20.2 Å². The molecule has 1 heterocycles. The zero-order valence-electron chi connectivity index (χ0n) is 14.4. The average Bonchev–Trinajstić information content (AvgIpc) is 2.98. The molecule has 0 radical (unpaired) electrons. The molecular formula is C20H23FN2O2. The second-order valence-electron chi connectivity index (χ2n) is 6.35. The zero-order valence-corrected chi connectivity index (χ0v) is 14.4. The first kappa shape index (κ1) is 17.4. The lowest BCUT2D eigenvalue weighted by atomic mass is 10.1. The fourth-order valence-electron chi connectivity index (χ4n) is 3.09. The fraction of sp³-hybridized carbons (Fsp3) is 0.350. The van der Waals surface area contributed by atoms with E-state index in [0.29, 0.717) is 26.1 Å². The van der Waals surface area contributed by atoms with Gasteiger partial charge in [0.2, 0.25) is 5.91 Å². The summed E-state index contributed by atoms with van der Waals surface area (Å²) in [6.07, 6.45) is 1.32. The Bertz CT molecular complexity index is 718. The first-order valence-electron chi connectivity index (χ1n) is 8.52. The van der Waals surface area contributed by atoms with Crippen LogP contribution in [-0.2, 0) is 17.8 Å². The van der Waals surface area contributed by atoms with Crippen LogP contribution >= 0.6 is 0 Å². The predicted octanol–water partition coefficient (Wildman–Crippen LogP) is 2.77. The van der Waals surface area contributed by atoms with Crippen molar-refractivity contribution in [2.45, 2.75) is 25.4 Å². The lowest BCUT2D eigenvalue weighted by Crippen LogP contribution is -2.33. The number of nitrogens with zero attached hydrogens (tertiary/aromatic N) is 1. The summed E-state index contributed by atoms with van der Waals surface area (Å²) in [6, 6.07) is 14.6. The Morgan fingerprint density at radius 2 is 2.00 bits per heavy atom. The Labute approximate surface area is 147 Å². The van der Waals surface area contributed by atoms with Gasteiger partial charge in [-0.1, -0.05) is 24.3 Å². The molecule has 1 aliphatic rings. The summed E-state index contributed by atoms with van der Waals surface area (Å²) in [5.74, 6) is 0.774. The maximum absolute atomic E-state index is 13.2. The summed E-state index contributed by atoms with van der Waals surface area (Å²) < 4.78 is 18.4. The topological polar surface area (TPSA) is 41.6 Å². The molecule has 1 aliphatic heterocycles. The Balaban J connectivity index is 1.46. The monoisotopic (exact) mass is 342 g/mol. The van der Waals surface area contributed by atoms with Crippen molar-refractivity contribution in [1.82, 2.24) is 10.2 Å². The van der Waals surface area contributed by atoms with Gasteiger partial charge in [-0.2, -0.15) is 0 Å². The Morgan fingerprint density at radius 3 is 2.72 bits per heavy atom. The maximum Gasteiger partial charge on any atom is 0.224 e. The highest BCUT2D eigenvalue weighted by atomic mass is 19.1. The van der Waals surface area contributed by atoms with Gasteiger partial charge in [0.05, 0.1) is 7.11 Å². The van der Waals surface area contributed by atoms with Crippen LogP contribution in [0.4, 0.5) is 4.39 Å². The summed E-state index contributed by atoms with van der Waals surface area (Å²) in [6.45, 7) is 1.98. The molecule has 3 rings (SSSR count). The third kappa shape index (κ3) is 4.79. The van der Waals surface area contributed by atoms with Gasteiger partial charge in [-0.15, -0.1) is 0 Å². The molecule has 0 aromatic heterocycles. The SMILES string of the molecule is COc1ccc(CCN2C[C@@H](NCc3cccc(F)c3)CC2=O)cc1. The fourth-order valence-corrected chi connectivity index (χ4v) is 3.09. The number of nitrogens with one attached hydrogen (secondary N) is 1. The Hall–Kier alpha value is -2.40. The molecule has 132 valence electrons. The van der Waals surface area contributed by atoms with Crippen molar-refractivity contribution in [3.05, 3.63) is 65.5 Å². The average molecular weight is 342 g/mol. The third-order valence-electron chi connectivity index (χ3n) is 4.53. The van der Waals surface area contributed by atoms with Gasteiger partial charge in [-0.3, -0.25) is 4.79 Å². The molecule has 1 saturated heterocycles. The number of amides is 1. The first-order chi connectivity index (χ1) is 12.1. The third-order valence-corrected chi connectivity index (χ3v) is 4.53. The molecule has 2 aromatic carbocycles. The maximum atomic E-state index is 13.2. The van der Waals surface area contributed by atoms with Crippen molar-refractivity contribution in [1.29, 1.82) is 0 Å². The lowest BCUT2D eigenvalue weighted by molar-refractivity contribution is -0.127. The number of likely N-dealkylation sites (tertiary alicyclic amines) is 1. The van der Waals surface area contributed by atoms with E-state index in [4.69, 9.17) is 4.74 Å². The quantitative estimate of drug-likeness (QED) is 0.841. The molecule has 2 aromatic rings. The number of carbonyl (C=O) groups excluding carboxylic acids is 1. The molecule has 4 nitrogen and oxygen atoms in total. The van der Waals surface area contributed by atoms with Crippen molar-refractivity contribution in [3.8, 4) is 5.75 Å². The summed E-state index contributed by atoms with van der Waals surface area (Å²) in [4.78, 5) is 14.1. The van der Waals surface area contributed by atoms with Crippen LogP contribution < -0.4 is 10.1 Å². The van der Waals surface area contributed by atoms with Crippen molar-refractivity contribution < 1.29 is 13.9 Å². The van der Waals surface area contributed by atoms with E-state index in [1.165, 1.54) is 17.7 Å². The number of hydrogen-bond donors (Lipinski definition) is 1. The molecule has 1 N–H and O–H groups in total. The number of benzene rings is 2. The van der Waals surface area contributed by atoms with Gasteiger partial charge in [-0.25, -0.2) is 4.39 Å². The summed E-state index contributed by atoms with van der Waals surface area (Å²) >= 11 is 0. The van der Waals surface area contributed by atoms with E-state index < -0.39 is 0 Å². The minimum atomic E-state index is -0.233. The van der Waals surface area contributed by atoms with E-state index in [-0.39, 0.29) is 17.8 Å². The molecule has 0 saturated carbocycles. The number of halogens is 1. The standard InChI is InChI=1S/C20H23FN2O2/c1-25-19-7-5-15(6-8-19)9-10-23-14-18(12-20(23)24)22-13-16-3-2-4-17(21)11-16/h2-8,11,18,22H,9-10,12-14H2,1H3/t18-/m0/s1. The molecule has 0 unspecified atom stereocenters. The van der Waals surface area contributed by atoms with Gasteiger partial charge in [0.15, 0.2) is 0 Å². The molecule has 25 heavy (non-hydrogen) atoms. The van der Waals surface area contributed by atoms with Crippen LogP contribution in [0.15, 0.2) is 48.5 Å². The van der Waals surface area contributed by atoms with Gasteiger partial charge in [0.1, 0.15) is 11.6 Å². The Kier molecular flexibility index (Phi) is 5.66. The van der Waals surface area contributed by atoms with E-state index >= 15 is 0 Å². The largest absolute Gasteiger partial charge is 0.497 e. The number of ether oxygens (including phenoxy) is 1. The molecule has 1 amide bonds. The van der Waals surface area contributed by atoms with E-state index in [2.05, 4.69) is 5.32 Å². The Morgan fingerprint density at radius 1 is 1.20 bits per heavy atom. The molecule has 5 heteroatoms. The highest BCUT2D eigenvalue weighted by Gasteiger charge is 2.28. The molecule has 1 fully saturated rings. The normalized spacial score (nSPS) is 17.1. The van der Waals surface area contributed by atoms with Crippen LogP contribution in [0.2, 0.25) is 0 Å². The molecular weight excluding hydrogens is 319 g/mol. The van der Waals surface area contributed by atoms with Gasteiger partial charge in [-0.05, 0) is 41.8 Å². The summed E-state index contributed by atoms with van der Waals surface area (Å²) in [7, 11) is 1.65. The van der Waals surface area contributed by atoms with Crippen LogP contribution in [0, 0.1) is 5.82 Å². The van der Waals surface area contributed by atoms with E-state index in [0.717, 1.165) is 17.7 Å². The number of hydrogen-bond acceptors (Lipinski definition) is 3. The molecule has 1 atom stereocenters. The molecule has 0 aliphatic carbocycles. The summed E-state index contributed by atoms with van der Waals surface area (Å²) in [5, 5.41) is 3.35. The van der Waals surface area contributed by atoms with Gasteiger partial charge >= 0.3 is 0 Å². The van der Waals surface area contributed by atoms with Crippen LogP contribution in [0.25, 0.3) is 0 Å². The predicted molar refractivity (Wildman–Crippen MR) is 94.9 cm³/mol. The minimum absolute atomic E-state index is 0.117. The summed E-state index contributed by atoms with van der Waals surface area (Å²) in [5.41, 5.74) is 2.08. The number of rotatable bonds is 7. The van der Waals surface area contributed by atoms with Gasteiger partial charge < -0.3 is 15.0 Å². The molecule has 0 bridgehead atoms. The van der Waals surface area contributed by atoms with Crippen LogP contribution in [0.5, 0.6) is 5.75 Å². The molecule has 0 spiro atoms. The minimum Gasteiger partial charge on any atom is -0.497 e. The van der Waals surface area contributed by atoms with E-state index in [1.807, 2.05) is 35.2 Å². The van der Waals surface area contributed by atoms with Crippen LogP contribution in [-0.4, -0.2) is 37.0 Å². The lowest BCUT2D eigenvalue weighted by Gasteiger charge is -2.17. The zero-order chi connectivity index (χ0) is 17.6.